The highest BCUT2D eigenvalue weighted by molar-refractivity contribution is 5.98. The molecule has 2 aliphatic heterocycles. The summed E-state index contributed by atoms with van der Waals surface area (Å²) in [5, 5.41) is 12.3. The van der Waals surface area contributed by atoms with Gasteiger partial charge in [-0.3, -0.25) is 4.79 Å². The largest absolute Gasteiger partial charge is 0.434 e. The fraction of sp³-hybridized carbons (Fsp3) is 0.321. The van der Waals surface area contributed by atoms with Crippen molar-refractivity contribution in [2.45, 2.75) is 50.4 Å². The molecular formula is C28H23F2N7O2. The van der Waals surface area contributed by atoms with E-state index in [0.29, 0.717) is 42.0 Å². The average Bonchev–Trinajstić information content (AvgIpc) is 3.39. The minimum atomic E-state index is -3.02. The molecule has 9 nitrogen and oxygen atoms in total. The van der Waals surface area contributed by atoms with Crippen molar-refractivity contribution in [3.05, 3.63) is 71.6 Å². The molecule has 0 unspecified atom stereocenters. The number of hydrogen-bond donors (Lipinski definition) is 2. The number of alkyl halides is 2. The van der Waals surface area contributed by atoms with Gasteiger partial charge in [0.1, 0.15) is 17.4 Å². The Balaban J connectivity index is 1.29. The Kier molecular flexibility index (Phi) is 4.88. The number of nitrogens with one attached hydrogen (secondary N) is 1. The Morgan fingerprint density at radius 1 is 1.21 bits per heavy atom. The second kappa shape index (κ2) is 8.04. The lowest BCUT2D eigenvalue weighted by Gasteiger charge is -2.47. The molecule has 2 aromatic heterocycles. The normalized spacial score (nSPS) is 26.8. The second-order valence-corrected chi connectivity index (χ2v) is 10.9. The molecule has 2 aromatic carbocycles. The number of carbonyl (C=O) groups is 1. The smallest absolute Gasteiger partial charge is 0.387 e. The van der Waals surface area contributed by atoms with Crippen molar-refractivity contribution in [2.75, 3.05) is 0 Å². The van der Waals surface area contributed by atoms with Gasteiger partial charge < -0.3 is 20.4 Å². The maximum Gasteiger partial charge on any atom is 0.387 e. The van der Waals surface area contributed by atoms with E-state index in [1.807, 2.05) is 29.7 Å². The van der Waals surface area contributed by atoms with Crippen LogP contribution in [-0.4, -0.2) is 32.0 Å². The van der Waals surface area contributed by atoms with Crippen LogP contribution in [0.4, 0.5) is 8.78 Å². The van der Waals surface area contributed by atoms with E-state index in [0.717, 1.165) is 22.2 Å². The van der Waals surface area contributed by atoms with E-state index >= 15 is 0 Å². The number of rotatable bonds is 4. The molecule has 7 rings (SSSR count). The summed E-state index contributed by atoms with van der Waals surface area (Å²) in [4.78, 5) is 26.8. The number of nitriles is 1. The molecule has 2 atom stereocenters. The number of halogens is 2. The predicted molar refractivity (Wildman–Crippen MR) is 136 cm³/mol. The first-order chi connectivity index (χ1) is 18.7. The molecule has 3 aliphatic rings. The average molecular weight is 528 g/mol. The second-order valence-electron chi connectivity index (χ2n) is 10.9. The molecule has 0 radical (unpaired) electrons. The van der Waals surface area contributed by atoms with Gasteiger partial charge in [0.25, 0.3) is 5.91 Å². The number of carbonyl (C=O) groups excluding carboxylic acids is 1. The summed E-state index contributed by atoms with van der Waals surface area (Å²) in [6.45, 7) is -1.13. The van der Waals surface area contributed by atoms with E-state index in [9.17, 15) is 18.8 Å². The van der Waals surface area contributed by atoms with Gasteiger partial charge in [-0.15, -0.1) is 0 Å². The number of amides is 1. The molecule has 11 heteroatoms. The topological polar surface area (TPSA) is 132 Å². The number of fused-ring (bicyclic) bond motifs is 9. The van der Waals surface area contributed by atoms with Gasteiger partial charge in [-0.25, -0.2) is 15.0 Å². The number of aromatic nitrogens is 4. The van der Waals surface area contributed by atoms with Gasteiger partial charge in [-0.2, -0.15) is 14.0 Å². The Labute approximate surface area is 221 Å². The monoisotopic (exact) mass is 527 g/mol. The Morgan fingerprint density at radius 2 is 1.97 bits per heavy atom. The van der Waals surface area contributed by atoms with E-state index in [4.69, 9.17) is 15.5 Å². The quantitative estimate of drug-likeness (QED) is 0.403. The third kappa shape index (κ3) is 3.51. The van der Waals surface area contributed by atoms with Crippen LogP contribution in [0.5, 0.6) is 5.75 Å². The summed E-state index contributed by atoms with van der Waals surface area (Å²) < 4.78 is 33.4. The van der Waals surface area contributed by atoms with Gasteiger partial charge in [0.2, 0.25) is 0 Å². The zero-order valence-corrected chi connectivity index (χ0v) is 20.9. The van der Waals surface area contributed by atoms with Gasteiger partial charge in [0, 0.05) is 29.1 Å². The van der Waals surface area contributed by atoms with Gasteiger partial charge in [0.05, 0.1) is 40.1 Å². The van der Waals surface area contributed by atoms with Crippen LogP contribution in [0.3, 0.4) is 0 Å². The lowest BCUT2D eigenvalue weighted by molar-refractivity contribution is -0.0507. The summed E-state index contributed by atoms with van der Waals surface area (Å²) >= 11 is 0. The molecule has 0 saturated heterocycles. The van der Waals surface area contributed by atoms with Crippen LogP contribution < -0.4 is 15.8 Å². The van der Waals surface area contributed by atoms with Crippen LogP contribution in [0.15, 0.2) is 48.8 Å². The molecule has 4 heterocycles. The third-order valence-corrected chi connectivity index (χ3v) is 8.08. The summed E-state index contributed by atoms with van der Waals surface area (Å²) in [6.07, 6.45) is 4.91. The minimum absolute atomic E-state index is 0.0163. The molecule has 1 aliphatic carbocycles. The van der Waals surface area contributed by atoms with Crippen molar-refractivity contribution in [2.24, 2.45) is 11.1 Å². The molecule has 0 spiro atoms. The van der Waals surface area contributed by atoms with E-state index in [-0.39, 0.29) is 17.7 Å². The fourth-order valence-electron chi connectivity index (χ4n) is 6.50. The fourth-order valence-corrected chi connectivity index (χ4v) is 6.50. The van der Waals surface area contributed by atoms with Crippen molar-refractivity contribution in [1.29, 1.82) is 5.26 Å². The van der Waals surface area contributed by atoms with E-state index in [1.165, 1.54) is 6.07 Å². The van der Waals surface area contributed by atoms with Crippen LogP contribution >= 0.6 is 0 Å². The van der Waals surface area contributed by atoms with E-state index < -0.39 is 23.6 Å². The number of ether oxygens (including phenoxy) is 1. The summed E-state index contributed by atoms with van der Waals surface area (Å²) in [7, 11) is 0. The van der Waals surface area contributed by atoms with Gasteiger partial charge >= 0.3 is 6.61 Å². The van der Waals surface area contributed by atoms with Crippen LogP contribution in [0, 0.1) is 16.7 Å². The zero-order valence-electron chi connectivity index (χ0n) is 20.9. The molecule has 2 bridgehead atoms. The first kappa shape index (κ1) is 23.7. The van der Waals surface area contributed by atoms with Crippen LogP contribution in [0.1, 0.15) is 65.8 Å². The summed E-state index contributed by atoms with van der Waals surface area (Å²) in [5.41, 5.74) is 9.16. The van der Waals surface area contributed by atoms with Crippen molar-refractivity contribution in [1.82, 2.24) is 24.8 Å². The molecular weight excluding hydrogens is 504 g/mol. The van der Waals surface area contributed by atoms with Crippen molar-refractivity contribution < 1.29 is 18.3 Å². The summed E-state index contributed by atoms with van der Waals surface area (Å²) in [5.74, 6) is 0.819. The van der Waals surface area contributed by atoms with Crippen LogP contribution in [-0.2, 0) is 5.54 Å². The highest BCUT2D eigenvalue weighted by atomic mass is 19.3. The van der Waals surface area contributed by atoms with Crippen molar-refractivity contribution in [3.63, 3.8) is 0 Å². The number of benzene rings is 2. The van der Waals surface area contributed by atoms with E-state index in [2.05, 4.69) is 21.4 Å². The Morgan fingerprint density at radius 3 is 2.69 bits per heavy atom. The molecule has 196 valence electrons. The highest BCUT2D eigenvalue weighted by Gasteiger charge is 2.52. The first-order valence-electron chi connectivity index (χ1n) is 12.6. The Hall–Kier alpha value is -4.43. The molecule has 1 amide bonds. The molecule has 4 aromatic rings. The molecule has 39 heavy (non-hydrogen) atoms. The lowest BCUT2D eigenvalue weighted by atomic mass is 9.59. The van der Waals surface area contributed by atoms with Crippen LogP contribution in [0.25, 0.3) is 22.2 Å². The molecule has 1 saturated carbocycles. The van der Waals surface area contributed by atoms with Crippen molar-refractivity contribution >= 4 is 16.9 Å². The van der Waals surface area contributed by atoms with Crippen molar-refractivity contribution in [3.8, 4) is 22.9 Å². The number of imidazole rings is 1. The lowest BCUT2D eigenvalue weighted by Crippen LogP contribution is -2.54. The number of nitrogens with zero attached hydrogens (tertiary/aromatic N) is 5. The zero-order chi connectivity index (χ0) is 27.1. The molecule has 3 N–H and O–H groups in total. The number of hydrogen-bond acceptors (Lipinski definition) is 7. The maximum atomic E-state index is 13.3. The SMILES string of the molecule is CC1(C#N)CC(N)(c2ncc(-c3ccc4nc5n(c4c3)[C@H]3C[C@H]5NC(=O)c4cccc(OC(F)F)c43)cn2)C1. The minimum Gasteiger partial charge on any atom is -0.434 e. The van der Waals surface area contributed by atoms with Gasteiger partial charge in [-0.05, 0) is 56.0 Å². The van der Waals surface area contributed by atoms with Gasteiger partial charge in [-0.1, -0.05) is 12.1 Å². The highest BCUT2D eigenvalue weighted by Crippen LogP contribution is 2.51. The number of nitrogens with two attached hydrogens (primary N) is 1. The predicted octanol–water partition coefficient (Wildman–Crippen LogP) is 4.35. The van der Waals surface area contributed by atoms with Gasteiger partial charge in [0.15, 0.2) is 0 Å². The standard InChI is InChI=1S/C28H23F2N7O2/c1-27(13-31)11-28(32,12-27)25-33-9-15(10-34-25)14-5-6-17-19(7-14)37-20-8-18(23(37)35-17)36-24(38)16-3-2-4-21(22(16)20)39-26(29)30/h2-7,9-10,18,20,26H,8,11-12,32H2,1H3,(H,36,38)/t18-,20+,27?,28?/m1/s1. The summed E-state index contributed by atoms with van der Waals surface area (Å²) in [6, 6.07) is 11.9. The third-order valence-electron chi connectivity index (χ3n) is 8.08. The van der Waals surface area contributed by atoms with E-state index in [1.54, 1.807) is 24.5 Å². The maximum absolute atomic E-state index is 13.3. The van der Waals surface area contributed by atoms with Crippen LogP contribution in [0.2, 0.25) is 0 Å². The first-order valence-corrected chi connectivity index (χ1v) is 12.6. The Bertz CT molecular complexity index is 1700. The molecule has 1 fully saturated rings.